The van der Waals surface area contributed by atoms with Crippen LogP contribution in [0.2, 0.25) is 0 Å². The molecule has 2 unspecified atom stereocenters. The highest BCUT2D eigenvalue weighted by atomic mass is 32.2. The third kappa shape index (κ3) is 6.53. The maximum Gasteiger partial charge on any atom is 0.267 e. The number of hydrogen-bond donors (Lipinski definition) is 4. The maximum absolute atomic E-state index is 12.5. The van der Waals surface area contributed by atoms with Gasteiger partial charge < -0.3 is 10.4 Å². The van der Waals surface area contributed by atoms with Crippen molar-refractivity contribution in [2.45, 2.75) is 43.9 Å². The van der Waals surface area contributed by atoms with Gasteiger partial charge in [-0.2, -0.15) is 11.8 Å². The second-order valence-corrected chi connectivity index (χ2v) is 9.31. The molecule has 0 saturated heterocycles. The highest BCUT2D eigenvalue weighted by molar-refractivity contribution is 8.00. The highest BCUT2D eigenvalue weighted by Gasteiger charge is 2.36. The molecule has 1 saturated carbocycles. The smallest absolute Gasteiger partial charge is 0.267 e. The Labute approximate surface area is 182 Å². The van der Waals surface area contributed by atoms with Crippen molar-refractivity contribution in [3.8, 4) is 23.7 Å². The van der Waals surface area contributed by atoms with Crippen LogP contribution in [0.3, 0.4) is 0 Å². The second-order valence-electron chi connectivity index (χ2n) is 7.85. The molecule has 160 valence electrons. The van der Waals surface area contributed by atoms with Crippen molar-refractivity contribution < 1.29 is 19.9 Å². The topological polar surface area (TPSA) is 98.7 Å². The van der Waals surface area contributed by atoms with Crippen molar-refractivity contribution in [1.82, 2.24) is 10.8 Å². The quantitative estimate of drug-likeness (QED) is 0.316. The Hall–Kier alpha value is -2.45. The van der Waals surface area contributed by atoms with Crippen LogP contribution in [0.15, 0.2) is 24.3 Å². The van der Waals surface area contributed by atoms with Crippen LogP contribution in [0.1, 0.15) is 49.0 Å². The molecule has 4 N–H and O–H groups in total. The zero-order valence-corrected chi connectivity index (χ0v) is 18.3. The molecule has 0 aliphatic heterocycles. The number of hydroxylamine groups is 1. The fraction of sp³-hybridized carbons (Fsp3) is 0.478. The SMILES string of the molecule is CSC(C)(C)[C@H](NC(=O)c1ccc(C#CC#CC2CCC(CO)C2)cc1)C(=O)NO. The summed E-state index contributed by atoms with van der Waals surface area (Å²) in [4.78, 5) is 24.5. The van der Waals surface area contributed by atoms with Crippen molar-refractivity contribution >= 4 is 23.6 Å². The van der Waals surface area contributed by atoms with Crippen molar-refractivity contribution in [3.63, 3.8) is 0 Å². The number of nitrogens with one attached hydrogen (secondary N) is 2. The number of rotatable bonds is 6. The van der Waals surface area contributed by atoms with Gasteiger partial charge in [-0.15, -0.1) is 0 Å². The van der Waals surface area contributed by atoms with Crippen LogP contribution in [0.5, 0.6) is 0 Å². The minimum absolute atomic E-state index is 0.226. The number of aliphatic hydroxyl groups excluding tert-OH is 1. The van der Waals surface area contributed by atoms with E-state index in [0.29, 0.717) is 17.4 Å². The van der Waals surface area contributed by atoms with Crippen molar-refractivity contribution in [2.24, 2.45) is 11.8 Å². The fourth-order valence-electron chi connectivity index (χ4n) is 3.27. The van der Waals surface area contributed by atoms with Crippen LogP contribution < -0.4 is 10.8 Å². The lowest BCUT2D eigenvalue weighted by atomic mass is 10.0. The number of aliphatic hydroxyl groups is 1. The summed E-state index contributed by atoms with van der Waals surface area (Å²) in [6.07, 6.45) is 4.78. The number of benzene rings is 1. The van der Waals surface area contributed by atoms with Gasteiger partial charge in [0.15, 0.2) is 0 Å². The van der Waals surface area contributed by atoms with Crippen LogP contribution >= 0.6 is 11.8 Å². The molecule has 30 heavy (non-hydrogen) atoms. The molecular formula is C23H28N2O4S. The number of thioether (sulfide) groups is 1. The summed E-state index contributed by atoms with van der Waals surface area (Å²) in [6, 6.07) is 5.81. The van der Waals surface area contributed by atoms with E-state index in [2.05, 4.69) is 29.0 Å². The first-order valence-electron chi connectivity index (χ1n) is 9.83. The molecule has 0 heterocycles. The molecule has 6 nitrogen and oxygen atoms in total. The van der Waals surface area contributed by atoms with Crippen LogP contribution in [0.4, 0.5) is 0 Å². The normalized spacial score (nSPS) is 19.0. The molecule has 2 amide bonds. The van der Waals surface area contributed by atoms with E-state index in [9.17, 15) is 9.59 Å². The van der Waals surface area contributed by atoms with Gasteiger partial charge in [-0.1, -0.05) is 11.8 Å². The van der Waals surface area contributed by atoms with Gasteiger partial charge in [-0.25, -0.2) is 5.48 Å². The van der Waals surface area contributed by atoms with Gasteiger partial charge in [0.05, 0.1) is 0 Å². The summed E-state index contributed by atoms with van der Waals surface area (Å²) in [5.41, 5.74) is 2.74. The summed E-state index contributed by atoms with van der Waals surface area (Å²) in [5.74, 6) is 11.4. The molecule has 1 aliphatic rings. The molecule has 2 rings (SSSR count). The molecule has 3 atom stereocenters. The first-order chi connectivity index (χ1) is 14.3. The molecule has 7 heteroatoms. The molecule has 1 aromatic rings. The third-order valence-electron chi connectivity index (χ3n) is 5.36. The lowest BCUT2D eigenvalue weighted by molar-refractivity contribution is -0.131. The van der Waals surface area contributed by atoms with Crippen LogP contribution in [-0.2, 0) is 4.79 Å². The second kappa shape index (κ2) is 11.1. The lowest BCUT2D eigenvalue weighted by Crippen LogP contribution is -2.55. The average Bonchev–Trinajstić information content (AvgIpc) is 3.22. The van der Waals surface area contributed by atoms with E-state index in [1.165, 1.54) is 11.8 Å². The van der Waals surface area contributed by atoms with E-state index in [0.717, 1.165) is 24.8 Å². The van der Waals surface area contributed by atoms with E-state index in [1.54, 1.807) is 29.7 Å². The average molecular weight is 429 g/mol. The van der Waals surface area contributed by atoms with Gasteiger partial charge in [-0.05, 0) is 81.4 Å². The molecule has 1 aromatic carbocycles. The van der Waals surface area contributed by atoms with Gasteiger partial charge in [0, 0.05) is 28.4 Å². The molecule has 0 spiro atoms. The van der Waals surface area contributed by atoms with Crippen molar-refractivity contribution in [1.29, 1.82) is 0 Å². The van der Waals surface area contributed by atoms with E-state index in [4.69, 9.17) is 10.3 Å². The molecular weight excluding hydrogens is 400 g/mol. The van der Waals surface area contributed by atoms with Gasteiger partial charge in [0.1, 0.15) is 6.04 Å². The molecule has 0 bridgehead atoms. The number of amides is 2. The molecule has 1 aliphatic carbocycles. The van der Waals surface area contributed by atoms with E-state index >= 15 is 0 Å². The lowest BCUT2D eigenvalue weighted by Gasteiger charge is -2.31. The predicted molar refractivity (Wildman–Crippen MR) is 118 cm³/mol. The summed E-state index contributed by atoms with van der Waals surface area (Å²) in [6.45, 7) is 3.85. The number of carbonyl (C=O) groups excluding carboxylic acids is 2. The zero-order chi connectivity index (χ0) is 22.1. The van der Waals surface area contributed by atoms with E-state index in [1.807, 2.05) is 20.1 Å². The Morgan fingerprint density at radius 3 is 2.50 bits per heavy atom. The zero-order valence-electron chi connectivity index (χ0n) is 17.5. The van der Waals surface area contributed by atoms with Crippen molar-refractivity contribution in [2.75, 3.05) is 12.9 Å². The fourth-order valence-corrected chi connectivity index (χ4v) is 3.67. The van der Waals surface area contributed by atoms with Gasteiger partial charge in [-0.3, -0.25) is 14.8 Å². The Morgan fingerprint density at radius 2 is 1.93 bits per heavy atom. The van der Waals surface area contributed by atoms with E-state index in [-0.39, 0.29) is 6.61 Å². The minimum Gasteiger partial charge on any atom is -0.396 e. The minimum atomic E-state index is -0.902. The first kappa shape index (κ1) is 23.8. The van der Waals surface area contributed by atoms with Crippen LogP contribution in [0.25, 0.3) is 0 Å². The number of carbonyl (C=O) groups is 2. The molecule has 1 fully saturated rings. The summed E-state index contributed by atoms with van der Waals surface area (Å²) in [5, 5.41) is 20.8. The Balaban J connectivity index is 2.00. The summed E-state index contributed by atoms with van der Waals surface area (Å²) in [7, 11) is 0. The largest absolute Gasteiger partial charge is 0.396 e. The Bertz CT molecular complexity index is 874. The van der Waals surface area contributed by atoms with Crippen LogP contribution in [0, 0.1) is 35.5 Å². The predicted octanol–water partition coefficient (Wildman–Crippen LogP) is 2.20. The van der Waals surface area contributed by atoms with Gasteiger partial charge in [0.2, 0.25) is 0 Å². The van der Waals surface area contributed by atoms with Gasteiger partial charge in [0.25, 0.3) is 11.8 Å². The standard InChI is InChI=1S/C23H28N2O4S/c1-23(2,30-3)20(22(28)25-29)24-21(27)19-12-10-16(11-13-19)6-4-5-7-17-8-9-18(14-17)15-26/h10-13,17-18,20,26,29H,8-9,14-15H2,1-3H3,(H,24,27)(H,25,28)/t17?,18?,20-/m1/s1. The monoisotopic (exact) mass is 428 g/mol. The van der Waals surface area contributed by atoms with Gasteiger partial charge >= 0.3 is 0 Å². The van der Waals surface area contributed by atoms with E-state index < -0.39 is 22.6 Å². The van der Waals surface area contributed by atoms with Crippen LogP contribution in [-0.4, -0.2) is 45.8 Å². The highest BCUT2D eigenvalue weighted by Crippen LogP contribution is 2.29. The Morgan fingerprint density at radius 1 is 1.23 bits per heavy atom. The third-order valence-corrected chi connectivity index (χ3v) is 6.65. The van der Waals surface area contributed by atoms with Crippen molar-refractivity contribution in [3.05, 3.63) is 35.4 Å². The first-order valence-corrected chi connectivity index (χ1v) is 11.1. The maximum atomic E-state index is 12.5. The Kier molecular flexibility index (Phi) is 8.80. The molecule has 0 radical (unpaired) electrons. The molecule has 0 aromatic heterocycles. The summed E-state index contributed by atoms with van der Waals surface area (Å²) < 4.78 is -0.608. The summed E-state index contributed by atoms with van der Waals surface area (Å²) >= 11 is 1.41. The number of hydrogen-bond acceptors (Lipinski definition) is 5.